The highest BCUT2D eigenvalue weighted by molar-refractivity contribution is 7.71. The number of rotatable bonds is 3. The molecule has 0 aliphatic rings. The first-order valence-corrected chi connectivity index (χ1v) is 6.60. The fraction of sp³-hybridized carbons (Fsp3) is 0.0625. The second-order valence-corrected chi connectivity index (χ2v) is 4.72. The fourth-order valence-corrected chi connectivity index (χ4v) is 2.21. The van der Waals surface area contributed by atoms with Gasteiger partial charge in [-0.05, 0) is 41.5 Å². The Morgan fingerprint density at radius 1 is 1.00 bits per heavy atom. The molecule has 3 aromatic rings. The molecular weight excluding hydrogens is 270 g/mol. The van der Waals surface area contributed by atoms with Gasteiger partial charge in [0.25, 0.3) is 4.84 Å². The molecule has 20 heavy (non-hydrogen) atoms. The van der Waals surface area contributed by atoms with E-state index in [1.165, 1.54) is 0 Å². The predicted molar refractivity (Wildman–Crippen MR) is 81.3 cm³/mol. The highest BCUT2D eigenvalue weighted by Crippen LogP contribution is 2.27. The van der Waals surface area contributed by atoms with Crippen LogP contribution in [0.15, 0.2) is 59.1 Å². The summed E-state index contributed by atoms with van der Waals surface area (Å²) >= 11 is 4.95. The van der Waals surface area contributed by atoms with Crippen LogP contribution in [0.5, 0.6) is 5.75 Å². The average Bonchev–Trinajstić information content (AvgIpc) is 2.94. The summed E-state index contributed by atoms with van der Waals surface area (Å²) in [5.74, 6) is 1.59. The Labute approximate surface area is 121 Å². The van der Waals surface area contributed by atoms with Crippen LogP contribution in [-0.2, 0) is 0 Å². The number of H-pyrrole nitrogens is 1. The number of aromatic amines is 1. The zero-order valence-electron chi connectivity index (χ0n) is 10.9. The normalized spacial score (nSPS) is 10.4. The van der Waals surface area contributed by atoms with Crippen molar-refractivity contribution < 1.29 is 9.15 Å². The van der Waals surface area contributed by atoms with Crippen molar-refractivity contribution in [1.82, 2.24) is 4.98 Å². The molecule has 1 aromatic heterocycles. The van der Waals surface area contributed by atoms with Crippen LogP contribution in [0.1, 0.15) is 0 Å². The summed E-state index contributed by atoms with van der Waals surface area (Å²) in [6, 6.07) is 16.1. The van der Waals surface area contributed by atoms with E-state index in [1.807, 2.05) is 36.4 Å². The van der Waals surface area contributed by atoms with Crippen LogP contribution in [0.3, 0.4) is 0 Å². The number of benzene rings is 2. The van der Waals surface area contributed by atoms with Crippen LogP contribution >= 0.6 is 12.2 Å². The van der Waals surface area contributed by atoms with Gasteiger partial charge >= 0.3 is 0 Å². The largest absolute Gasteiger partial charge is 0.497 e. The summed E-state index contributed by atoms with van der Waals surface area (Å²) in [4.78, 5) is 3.26. The minimum atomic E-state index is 0.384. The third-order valence-corrected chi connectivity index (χ3v) is 3.30. The van der Waals surface area contributed by atoms with E-state index in [4.69, 9.17) is 21.4 Å². The molecule has 4 heteroatoms. The summed E-state index contributed by atoms with van der Waals surface area (Å²) in [5, 5.41) is 0. The molecule has 0 aliphatic heterocycles. The van der Waals surface area contributed by atoms with Gasteiger partial charge in [0, 0.05) is 11.8 Å². The second-order valence-electron chi connectivity index (χ2n) is 4.35. The van der Waals surface area contributed by atoms with Crippen LogP contribution in [0.2, 0.25) is 0 Å². The van der Waals surface area contributed by atoms with Gasteiger partial charge in [-0.3, -0.25) is 0 Å². The minimum absolute atomic E-state index is 0.384. The monoisotopic (exact) mass is 283 g/mol. The smallest absolute Gasteiger partial charge is 0.266 e. The Kier molecular flexibility index (Phi) is 3.39. The lowest BCUT2D eigenvalue weighted by Gasteiger charge is -2.05. The number of oxazole rings is 1. The lowest BCUT2D eigenvalue weighted by molar-refractivity contribution is 0.415. The number of nitrogens with one attached hydrogen (secondary N) is 1. The van der Waals surface area contributed by atoms with Gasteiger partial charge in [-0.25, -0.2) is 0 Å². The van der Waals surface area contributed by atoms with E-state index < -0.39 is 0 Å². The van der Waals surface area contributed by atoms with Crippen LogP contribution in [0.4, 0.5) is 0 Å². The summed E-state index contributed by atoms with van der Waals surface area (Å²) in [5.41, 5.74) is 3.24. The second kappa shape index (κ2) is 5.35. The van der Waals surface area contributed by atoms with E-state index in [9.17, 15) is 0 Å². The molecule has 100 valence electrons. The van der Waals surface area contributed by atoms with Crippen molar-refractivity contribution in [1.29, 1.82) is 0 Å². The standard InChI is InChI=1S/C16H13NO2S/c1-18-14-7-5-11(6-8-14)12-3-2-4-13(9-12)15-10-17-16(20)19-15/h2-10H,1H3,(H,17,20). The van der Waals surface area contributed by atoms with Crippen molar-refractivity contribution >= 4 is 12.2 Å². The molecule has 0 bridgehead atoms. The topological polar surface area (TPSA) is 38.2 Å². The molecule has 0 saturated carbocycles. The van der Waals surface area contributed by atoms with Gasteiger partial charge in [-0.15, -0.1) is 0 Å². The molecule has 0 spiro atoms. The first kappa shape index (κ1) is 12.7. The molecule has 0 unspecified atom stereocenters. The van der Waals surface area contributed by atoms with Crippen molar-refractivity contribution in [2.24, 2.45) is 0 Å². The zero-order valence-corrected chi connectivity index (χ0v) is 11.7. The van der Waals surface area contributed by atoms with E-state index in [1.54, 1.807) is 13.3 Å². The van der Waals surface area contributed by atoms with Crippen LogP contribution in [0, 0.1) is 4.84 Å². The molecule has 0 saturated heterocycles. The Bertz CT molecular complexity index is 771. The molecule has 0 radical (unpaired) electrons. The number of ether oxygens (including phenoxy) is 1. The van der Waals surface area contributed by atoms with Crippen molar-refractivity contribution in [3.8, 4) is 28.2 Å². The summed E-state index contributed by atoms with van der Waals surface area (Å²) < 4.78 is 10.6. The maximum absolute atomic E-state index is 5.44. The molecule has 0 amide bonds. The molecule has 3 nitrogen and oxygen atoms in total. The van der Waals surface area contributed by atoms with Crippen molar-refractivity contribution in [2.75, 3.05) is 7.11 Å². The molecule has 0 fully saturated rings. The van der Waals surface area contributed by atoms with Gasteiger partial charge in [0.05, 0.1) is 7.11 Å². The molecule has 0 atom stereocenters. The van der Waals surface area contributed by atoms with Crippen LogP contribution in [-0.4, -0.2) is 12.1 Å². The number of methoxy groups -OCH3 is 1. The third kappa shape index (κ3) is 2.51. The molecule has 1 N–H and O–H groups in total. The Balaban J connectivity index is 2.00. The molecular formula is C16H13NO2S. The van der Waals surface area contributed by atoms with Crippen molar-refractivity contribution in [3.63, 3.8) is 0 Å². The highest BCUT2D eigenvalue weighted by atomic mass is 32.1. The Morgan fingerprint density at radius 3 is 2.40 bits per heavy atom. The number of hydrogen-bond acceptors (Lipinski definition) is 3. The minimum Gasteiger partial charge on any atom is -0.497 e. The average molecular weight is 283 g/mol. The zero-order chi connectivity index (χ0) is 13.9. The molecule has 1 heterocycles. The van der Waals surface area contributed by atoms with Gasteiger partial charge in [0.1, 0.15) is 5.75 Å². The lowest BCUT2D eigenvalue weighted by atomic mass is 10.0. The third-order valence-electron chi connectivity index (χ3n) is 3.09. The summed E-state index contributed by atoms with van der Waals surface area (Å²) in [6.45, 7) is 0. The van der Waals surface area contributed by atoms with Crippen molar-refractivity contribution in [3.05, 3.63) is 59.6 Å². The quantitative estimate of drug-likeness (QED) is 0.709. The predicted octanol–water partition coefficient (Wildman–Crippen LogP) is 4.68. The summed E-state index contributed by atoms with van der Waals surface area (Å²) in [7, 11) is 1.66. The molecule has 0 aliphatic carbocycles. The van der Waals surface area contributed by atoms with Gasteiger partial charge in [0.2, 0.25) is 0 Å². The van der Waals surface area contributed by atoms with Gasteiger partial charge in [0.15, 0.2) is 5.76 Å². The van der Waals surface area contributed by atoms with Crippen molar-refractivity contribution in [2.45, 2.75) is 0 Å². The van der Waals surface area contributed by atoms with Crippen LogP contribution < -0.4 is 4.74 Å². The maximum Gasteiger partial charge on any atom is 0.266 e. The SMILES string of the molecule is COc1ccc(-c2cccc(-c3c[nH]c(=S)o3)c2)cc1. The van der Waals surface area contributed by atoms with E-state index >= 15 is 0 Å². The first-order chi connectivity index (χ1) is 9.76. The highest BCUT2D eigenvalue weighted by Gasteiger charge is 2.04. The Morgan fingerprint density at radius 2 is 1.75 bits per heavy atom. The van der Waals surface area contributed by atoms with Gasteiger partial charge in [-0.1, -0.05) is 30.3 Å². The van der Waals surface area contributed by atoms with E-state index in [0.29, 0.717) is 4.84 Å². The Hall–Kier alpha value is -2.33. The van der Waals surface area contributed by atoms with Crippen LogP contribution in [0.25, 0.3) is 22.5 Å². The van der Waals surface area contributed by atoms with Gasteiger partial charge < -0.3 is 14.1 Å². The lowest BCUT2D eigenvalue weighted by Crippen LogP contribution is -1.83. The van der Waals surface area contributed by atoms with E-state index in [2.05, 4.69) is 17.1 Å². The number of hydrogen-bond donors (Lipinski definition) is 1. The molecule has 3 rings (SSSR count). The fourth-order valence-electron chi connectivity index (χ4n) is 2.06. The van der Waals surface area contributed by atoms with E-state index in [-0.39, 0.29) is 0 Å². The number of aromatic nitrogens is 1. The molecule has 2 aromatic carbocycles. The first-order valence-electron chi connectivity index (χ1n) is 6.19. The van der Waals surface area contributed by atoms with Gasteiger partial charge in [-0.2, -0.15) is 0 Å². The summed E-state index contributed by atoms with van der Waals surface area (Å²) in [6.07, 6.45) is 1.77. The van der Waals surface area contributed by atoms with E-state index in [0.717, 1.165) is 28.2 Å². The maximum atomic E-state index is 5.44.